The maximum Gasteiger partial charge on any atom is 0.255 e. The van der Waals surface area contributed by atoms with Gasteiger partial charge in [0.2, 0.25) is 0 Å². The van der Waals surface area contributed by atoms with Gasteiger partial charge in [-0.25, -0.2) is 13.6 Å². The van der Waals surface area contributed by atoms with Crippen LogP contribution in [0.1, 0.15) is 0 Å². The van der Waals surface area contributed by atoms with Crippen molar-refractivity contribution < 1.29 is 8.42 Å². The summed E-state index contributed by atoms with van der Waals surface area (Å²) in [6, 6.07) is 1.15. The van der Waals surface area contributed by atoms with E-state index >= 15 is 0 Å². The van der Waals surface area contributed by atoms with Crippen LogP contribution in [0.5, 0.6) is 0 Å². The lowest BCUT2D eigenvalue weighted by Gasteiger charge is -1.86. The largest absolute Gasteiger partial charge is 0.382 e. The molecule has 1 aromatic heterocycles. The molecule has 0 spiro atoms. The van der Waals surface area contributed by atoms with E-state index in [-0.39, 0.29) is 10.8 Å². The van der Waals surface area contributed by atoms with Crippen molar-refractivity contribution in [3.8, 4) is 0 Å². The number of aromatic amines is 1. The van der Waals surface area contributed by atoms with Gasteiger partial charge in [-0.3, -0.25) is 5.10 Å². The molecule has 10 heavy (non-hydrogen) atoms. The van der Waals surface area contributed by atoms with Crippen LogP contribution in [0.4, 0.5) is 5.82 Å². The van der Waals surface area contributed by atoms with Crippen LogP contribution in [0.15, 0.2) is 11.1 Å². The maximum atomic E-state index is 10.5. The summed E-state index contributed by atoms with van der Waals surface area (Å²) in [6.45, 7) is 0. The fourth-order valence-corrected chi connectivity index (χ4v) is 0.922. The van der Waals surface area contributed by atoms with Crippen LogP contribution < -0.4 is 10.9 Å². The van der Waals surface area contributed by atoms with E-state index in [9.17, 15) is 8.42 Å². The number of anilines is 1. The van der Waals surface area contributed by atoms with E-state index in [0.717, 1.165) is 6.07 Å². The highest BCUT2D eigenvalue weighted by molar-refractivity contribution is 7.89. The van der Waals surface area contributed by atoms with Crippen molar-refractivity contribution in [2.45, 2.75) is 5.03 Å². The fraction of sp³-hybridized carbons (Fsp3) is 0. The number of sulfonamides is 1. The van der Waals surface area contributed by atoms with E-state index in [1.807, 2.05) is 0 Å². The number of primary sulfonamides is 1. The predicted molar refractivity (Wildman–Crippen MR) is 34.4 cm³/mol. The number of hydrogen-bond acceptors (Lipinski definition) is 4. The Morgan fingerprint density at radius 3 is 2.40 bits per heavy atom. The number of rotatable bonds is 1. The lowest BCUT2D eigenvalue weighted by atomic mass is 10.7. The molecule has 5 N–H and O–H groups in total. The number of nitrogens with one attached hydrogen (secondary N) is 1. The van der Waals surface area contributed by atoms with Crippen molar-refractivity contribution in [3.05, 3.63) is 6.07 Å². The van der Waals surface area contributed by atoms with Gasteiger partial charge in [0.15, 0.2) is 5.03 Å². The first-order chi connectivity index (χ1) is 4.50. The van der Waals surface area contributed by atoms with E-state index in [1.54, 1.807) is 0 Å². The number of hydrogen-bond donors (Lipinski definition) is 3. The molecule has 0 saturated carbocycles. The minimum Gasteiger partial charge on any atom is -0.382 e. The van der Waals surface area contributed by atoms with Gasteiger partial charge in [-0.2, -0.15) is 5.10 Å². The van der Waals surface area contributed by atoms with Gasteiger partial charge in [0.05, 0.1) is 0 Å². The molecule has 0 saturated heterocycles. The lowest BCUT2D eigenvalue weighted by molar-refractivity contribution is 0.593. The third-order valence-electron chi connectivity index (χ3n) is 0.881. The number of aromatic nitrogens is 2. The van der Waals surface area contributed by atoms with Crippen molar-refractivity contribution in [2.24, 2.45) is 5.14 Å². The molecule has 0 bridgehead atoms. The Bertz CT molecular complexity index is 326. The van der Waals surface area contributed by atoms with E-state index in [4.69, 9.17) is 10.9 Å². The normalized spacial score (nSPS) is 11.7. The Labute approximate surface area is 57.3 Å². The first-order valence-electron chi connectivity index (χ1n) is 2.34. The molecular weight excluding hydrogens is 156 g/mol. The van der Waals surface area contributed by atoms with Gasteiger partial charge in [0.1, 0.15) is 5.82 Å². The number of nitrogens with zero attached hydrogens (tertiary/aromatic N) is 1. The summed E-state index contributed by atoms with van der Waals surface area (Å²) in [7, 11) is -3.68. The zero-order valence-corrected chi connectivity index (χ0v) is 5.72. The summed E-state index contributed by atoms with van der Waals surface area (Å²) in [6.07, 6.45) is 0. The minimum atomic E-state index is -3.68. The molecule has 0 aliphatic rings. The van der Waals surface area contributed by atoms with Gasteiger partial charge >= 0.3 is 0 Å². The number of nitrogens with two attached hydrogens (primary N) is 2. The van der Waals surface area contributed by atoms with Crippen LogP contribution in [-0.2, 0) is 10.0 Å². The average molecular weight is 162 g/mol. The van der Waals surface area contributed by atoms with E-state index in [1.165, 1.54) is 0 Å². The molecule has 0 atom stereocenters. The van der Waals surface area contributed by atoms with Gasteiger partial charge in [0, 0.05) is 6.07 Å². The van der Waals surface area contributed by atoms with E-state index < -0.39 is 10.0 Å². The van der Waals surface area contributed by atoms with Gasteiger partial charge < -0.3 is 5.73 Å². The fourth-order valence-electron chi connectivity index (χ4n) is 0.464. The molecule has 0 amide bonds. The summed E-state index contributed by atoms with van der Waals surface area (Å²) < 4.78 is 21.0. The van der Waals surface area contributed by atoms with Crippen molar-refractivity contribution in [1.29, 1.82) is 0 Å². The van der Waals surface area contributed by atoms with Crippen molar-refractivity contribution in [3.63, 3.8) is 0 Å². The molecule has 56 valence electrons. The molecule has 1 rings (SSSR count). The van der Waals surface area contributed by atoms with E-state index in [0.29, 0.717) is 0 Å². The third kappa shape index (κ3) is 1.25. The monoisotopic (exact) mass is 162 g/mol. The van der Waals surface area contributed by atoms with Crippen LogP contribution in [-0.4, -0.2) is 18.6 Å². The SMILES string of the molecule is Nc1cc(S(N)(=O)=O)[nH]n1. The topological polar surface area (TPSA) is 115 Å². The van der Waals surface area contributed by atoms with Gasteiger partial charge in [-0.1, -0.05) is 0 Å². The molecule has 0 aromatic carbocycles. The zero-order chi connectivity index (χ0) is 7.78. The summed E-state index contributed by atoms with van der Waals surface area (Å²) in [5.41, 5.74) is 5.11. The number of H-pyrrole nitrogens is 1. The van der Waals surface area contributed by atoms with Crippen LogP contribution in [0, 0.1) is 0 Å². The Morgan fingerprint density at radius 1 is 1.60 bits per heavy atom. The minimum absolute atomic E-state index is 0.101. The Morgan fingerprint density at radius 2 is 2.20 bits per heavy atom. The molecule has 1 heterocycles. The van der Waals surface area contributed by atoms with Crippen LogP contribution >= 0.6 is 0 Å². The molecule has 0 fully saturated rings. The molecule has 0 aliphatic carbocycles. The lowest BCUT2D eigenvalue weighted by Crippen LogP contribution is -2.12. The molecule has 1 aromatic rings. The predicted octanol–water partition coefficient (Wildman–Crippen LogP) is -1.36. The van der Waals surface area contributed by atoms with Crippen molar-refractivity contribution in [1.82, 2.24) is 10.2 Å². The van der Waals surface area contributed by atoms with Gasteiger partial charge in [-0.05, 0) is 0 Å². The number of nitrogen functional groups attached to an aromatic ring is 1. The molecule has 6 nitrogen and oxygen atoms in total. The summed E-state index contributed by atoms with van der Waals surface area (Å²) in [4.78, 5) is 0. The highest BCUT2D eigenvalue weighted by Gasteiger charge is 2.09. The smallest absolute Gasteiger partial charge is 0.255 e. The zero-order valence-electron chi connectivity index (χ0n) is 4.90. The van der Waals surface area contributed by atoms with Crippen LogP contribution in [0.25, 0.3) is 0 Å². The molecular formula is C3H6N4O2S. The highest BCUT2D eigenvalue weighted by Crippen LogP contribution is 2.04. The van der Waals surface area contributed by atoms with Crippen LogP contribution in [0.2, 0.25) is 0 Å². The molecule has 0 aliphatic heterocycles. The molecule has 0 unspecified atom stereocenters. The Kier molecular flexibility index (Phi) is 1.38. The molecule has 7 heteroatoms. The first kappa shape index (κ1) is 7.03. The second kappa shape index (κ2) is 1.96. The second-order valence-electron chi connectivity index (χ2n) is 1.70. The quantitative estimate of drug-likeness (QED) is 0.473. The summed E-state index contributed by atoms with van der Waals surface area (Å²) in [5, 5.41) is 10.1. The first-order valence-corrected chi connectivity index (χ1v) is 3.88. The van der Waals surface area contributed by atoms with Gasteiger partial charge in [-0.15, -0.1) is 0 Å². The summed E-state index contributed by atoms with van der Waals surface area (Å²) in [5.74, 6) is 0.101. The molecule has 0 radical (unpaired) electrons. The average Bonchev–Trinajstić information content (AvgIpc) is 2.11. The Balaban J connectivity index is 3.21. The van der Waals surface area contributed by atoms with Gasteiger partial charge in [0.25, 0.3) is 10.0 Å². The van der Waals surface area contributed by atoms with Crippen molar-refractivity contribution >= 4 is 15.8 Å². The standard InChI is InChI=1S/C3H6N4O2S/c4-2-1-3(7-6-2)10(5,8)9/h1H,(H3,4,6,7)(H2,5,8,9). The second-order valence-corrected chi connectivity index (χ2v) is 3.23. The van der Waals surface area contributed by atoms with Crippen molar-refractivity contribution in [2.75, 3.05) is 5.73 Å². The van der Waals surface area contributed by atoms with Crippen LogP contribution in [0.3, 0.4) is 0 Å². The maximum absolute atomic E-state index is 10.5. The highest BCUT2D eigenvalue weighted by atomic mass is 32.2. The van der Waals surface area contributed by atoms with E-state index in [2.05, 4.69) is 10.2 Å². The third-order valence-corrected chi connectivity index (χ3v) is 1.70. The summed E-state index contributed by atoms with van der Waals surface area (Å²) >= 11 is 0. The Hall–Kier alpha value is -1.08.